The van der Waals surface area contributed by atoms with Crippen molar-refractivity contribution in [3.8, 4) is 5.75 Å². The first-order valence-electron chi connectivity index (χ1n) is 8.44. The molecule has 1 saturated heterocycles. The Morgan fingerprint density at radius 1 is 1.33 bits per heavy atom. The molecule has 1 aliphatic rings. The van der Waals surface area contributed by atoms with E-state index in [1.165, 1.54) is 50.9 Å². The van der Waals surface area contributed by atoms with Crippen molar-refractivity contribution in [1.82, 2.24) is 10.2 Å². The summed E-state index contributed by atoms with van der Waals surface area (Å²) in [6.07, 6.45) is 6.21. The van der Waals surface area contributed by atoms with Crippen LogP contribution in [0, 0.1) is 0 Å². The van der Waals surface area contributed by atoms with Gasteiger partial charge >= 0.3 is 0 Å². The predicted octanol–water partition coefficient (Wildman–Crippen LogP) is 3.18. The van der Waals surface area contributed by atoms with Crippen LogP contribution >= 0.6 is 0 Å². The molecule has 118 valence electrons. The van der Waals surface area contributed by atoms with Gasteiger partial charge in [-0.25, -0.2) is 0 Å². The van der Waals surface area contributed by atoms with Crippen molar-refractivity contribution < 1.29 is 5.11 Å². The summed E-state index contributed by atoms with van der Waals surface area (Å²) >= 11 is 0. The van der Waals surface area contributed by atoms with E-state index in [1.54, 1.807) is 12.1 Å². The molecule has 2 unspecified atom stereocenters. The average Bonchev–Trinajstić information content (AvgIpc) is 2.98. The molecule has 21 heavy (non-hydrogen) atoms. The van der Waals surface area contributed by atoms with Gasteiger partial charge in [-0.3, -0.25) is 4.90 Å². The van der Waals surface area contributed by atoms with E-state index in [9.17, 15) is 5.11 Å². The van der Waals surface area contributed by atoms with Crippen LogP contribution in [-0.4, -0.2) is 41.7 Å². The second kappa shape index (κ2) is 8.40. The van der Waals surface area contributed by atoms with Gasteiger partial charge in [0.2, 0.25) is 0 Å². The molecular weight excluding hydrogens is 260 g/mol. The third-order valence-electron chi connectivity index (χ3n) is 4.51. The Kier molecular flexibility index (Phi) is 6.52. The molecule has 1 heterocycles. The molecule has 0 aliphatic carbocycles. The molecule has 0 spiro atoms. The van der Waals surface area contributed by atoms with Gasteiger partial charge in [-0.1, -0.05) is 25.5 Å². The van der Waals surface area contributed by atoms with Gasteiger partial charge in [-0.2, -0.15) is 0 Å². The van der Waals surface area contributed by atoms with Crippen molar-refractivity contribution in [1.29, 1.82) is 0 Å². The fourth-order valence-electron chi connectivity index (χ4n) is 3.15. The summed E-state index contributed by atoms with van der Waals surface area (Å²) < 4.78 is 0. The number of rotatable bonds is 8. The molecule has 0 radical (unpaired) electrons. The lowest BCUT2D eigenvalue weighted by molar-refractivity contribution is 0.187. The zero-order valence-electron chi connectivity index (χ0n) is 13.5. The monoisotopic (exact) mass is 290 g/mol. The predicted molar refractivity (Wildman–Crippen MR) is 88.8 cm³/mol. The van der Waals surface area contributed by atoms with Crippen molar-refractivity contribution >= 4 is 0 Å². The topological polar surface area (TPSA) is 35.5 Å². The first-order valence-corrected chi connectivity index (χ1v) is 8.44. The number of hydrogen-bond donors (Lipinski definition) is 2. The molecule has 1 aromatic rings. The molecule has 3 nitrogen and oxygen atoms in total. The molecule has 0 aromatic heterocycles. The maximum Gasteiger partial charge on any atom is 0.115 e. The molecule has 2 rings (SSSR count). The van der Waals surface area contributed by atoms with Crippen LogP contribution < -0.4 is 5.32 Å². The maximum absolute atomic E-state index is 9.39. The van der Waals surface area contributed by atoms with Gasteiger partial charge in [0, 0.05) is 18.6 Å². The van der Waals surface area contributed by atoms with E-state index in [0.29, 0.717) is 17.8 Å². The van der Waals surface area contributed by atoms with Gasteiger partial charge in [-0.15, -0.1) is 0 Å². The van der Waals surface area contributed by atoms with E-state index < -0.39 is 0 Å². The highest BCUT2D eigenvalue weighted by Gasteiger charge is 2.21. The lowest BCUT2D eigenvalue weighted by Crippen LogP contribution is -2.43. The van der Waals surface area contributed by atoms with E-state index in [4.69, 9.17) is 0 Å². The first-order chi connectivity index (χ1) is 10.2. The van der Waals surface area contributed by atoms with Crippen molar-refractivity contribution in [2.45, 2.75) is 58.0 Å². The molecule has 1 fully saturated rings. The van der Waals surface area contributed by atoms with Crippen LogP contribution in [0.15, 0.2) is 24.3 Å². The SMILES string of the molecule is CCCCN(CC1CCCN1)C(C)Cc1ccc(O)cc1. The van der Waals surface area contributed by atoms with Gasteiger partial charge in [0.1, 0.15) is 5.75 Å². The highest BCUT2D eigenvalue weighted by atomic mass is 16.3. The summed E-state index contributed by atoms with van der Waals surface area (Å²) in [7, 11) is 0. The Balaban J connectivity index is 1.91. The van der Waals surface area contributed by atoms with Gasteiger partial charge in [0.05, 0.1) is 0 Å². The molecular formula is C18H30N2O. The molecule has 1 aliphatic heterocycles. The highest BCUT2D eigenvalue weighted by Crippen LogP contribution is 2.16. The summed E-state index contributed by atoms with van der Waals surface area (Å²) in [6.45, 7) is 8.12. The number of phenols is 1. The van der Waals surface area contributed by atoms with E-state index in [1.807, 2.05) is 12.1 Å². The maximum atomic E-state index is 9.39. The smallest absolute Gasteiger partial charge is 0.115 e. The molecule has 2 N–H and O–H groups in total. The number of benzene rings is 1. The molecule has 1 aromatic carbocycles. The Labute approximate surface area is 129 Å². The quantitative estimate of drug-likeness (QED) is 0.772. The van der Waals surface area contributed by atoms with Crippen LogP contribution in [0.4, 0.5) is 0 Å². The lowest BCUT2D eigenvalue weighted by atomic mass is 10.0. The third-order valence-corrected chi connectivity index (χ3v) is 4.51. The zero-order chi connectivity index (χ0) is 15.1. The molecule has 0 bridgehead atoms. The Bertz CT molecular complexity index is 398. The van der Waals surface area contributed by atoms with Gasteiger partial charge in [-0.05, 0) is 63.4 Å². The van der Waals surface area contributed by atoms with E-state index in [0.717, 1.165) is 6.42 Å². The average molecular weight is 290 g/mol. The standard InChI is InChI=1S/C18H30N2O/c1-3-4-12-20(14-17-6-5-11-19-17)15(2)13-16-7-9-18(21)10-8-16/h7-10,15,17,19,21H,3-6,11-14H2,1-2H3. The summed E-state index contributed by atoms with van der Waals surface area (Å²) in [6, 6.07) is 8.87. The molecule has 0 saturated carbocycles. The van der Waals surface area contributed by atoms with Crippen molar-refractivity contribution in [3.05, 3.63) is 29.8 Å². The number of hydrogen-bond acceptors (Lipinski definition) is 3. The largest absolute Gasteiger partial charge is 0.508 e. The van der Waals surface area contributed by atoms with Crippen molar-refractivity contribution in [3.63, 3.8) is 0 Å². The summed E-state index contributed by atoms with van der Waals surface area (Å²) in [5.74, 6) is 0.351. The fourth-order valence-corrected chi connectivity index (χ4v) is 3.15. The van der Waals surface area contributed by atoms with E-state index >= 15 is 0 Å². The van der Waals surface area contributed by atoms with Gasteiger partial charge in [0.25, 0.3) is 0 Å². The Hall–Kier alpha value is -1.06. The third kappa shape index (κ3) is 5.33. The second-order valence-corrected chi connectivity index (χ2v) is 6.36. The highest BCUT2D eigenvalue weighted by molar-refractivity contribution is 5.26. The summed E-state index contributed by atoms with van der Waals surface area (Å²) in [4.78, 5) is 2.64. The number of phenolic OH excluding ortho intramolecular Hbond substituents is 1. The minimum atomic E-state index is 0.351. The summed E-state index contributed by atoms with van der Waals surface area (Å²) in [5, 5.41) is 13.0. The second-order valence-electron chi connectivity index (χ2n) is 6.36. The van der Waals surface area contributed by atoms with Crippen LogP contribution in [-0.2, 0) is 6.42 Å². The molecule has 0 amide bonds. The molecule has 3 heteroatoms. The Morgan fingerprint density at radius 2 is 2.10 bits per heavy atom. The van der Waals surface area contributed by atoms with Gasteiger partial charge in [0.15, 0.2) is 0 Å². The first kappa shape index (κ1) is 16.3. The van der Waals surface area contributed by atoms with Crippen LogP contribution in [0.5, 0.6) is 5.75 Å². The minimum Gasteiger partial charge on any atom is -0.508 e. The van der Waals surface area contributed by atoms with Crippen LogP contribution in [0.3, 0.4) is 0 Å². The van der Waals surface area contributed by atoms with Crippen LogP contribution in [0.2, 0.25) is 0 Å². The van der Waals surface area contributed by atoms with Crippen LogP contribution in [0.1, 0.15) is 45.1 Å². The number of nitrogens with one attached hydrogen (secondary N) is 1. The normalized spacial score (nSPS) is 20.0. The minimum absolute atomic E-state index is 0.351. The van der Waals surface area contributed by atoms with E-state index in [2.05, 4.69) is 24.1 Å². The van der Waals surface area contributed by atoms with Crippen molar-refractivity contribution in [2.75, 3.05) is 19.6 Å². The molecule has 2 atom stereocenters. The summed E-state index contributed by atoms with van der Waals surface area (Å²) in [5.41, 5.74) is 1.31. The number of aromatic hydroxyl groups is 1. The Morgan fingerprint density at radius 3 is 2.71 bits per heavy atom. The lowest BCUT2D eigenvalue weighted by Gasteiger charge is -2.31. The number of unbranched alkanes of at least 4 members (excludes halogenated alkanes) is 1. The van der Waals surface area contributed by atoms with Crippen molar-refractivity contribution in [2.24, 2.45) is 0 Å². The van der Waals surface area contributed by atoms with Crippen LogP contribution in [0.25, 0.3) is 0 Å². The zero-order valence-corrected chi connectivity index (χ0v) is 13.5. The fraction of sp³-hybridized carbons (Fsp3) is 0.667. The van der Waals surface area contributed by atoms with Gasteiger partial charge < -0.3 is 10.4 Å². The number of nitrogens with zero attached hydrogens (tertiary/aromatic N) is 1. The van der Waals surface area contributed by atoms with E-state index in [-0.39, 0.29) is 0 Å².